The molecule has 0 fully saturated rings. The third-order valence-corrected chi connectivity index (χ3v) is 4.84. The van der Waals surface area contributed by atoms with E-state index in [-0.39, 0.29) is 6.42 Å². The van der Waals surface area contributed by atoms with Gasteiger partial charge in [-0.15, -0.1) is 11.3 Å². The van der Waals surface area contributed by atoms with Gasteiger partial charge in [0, 0.05) is 29.0 Å². The van der Waals surface area contributed by atoms with E-state index in [0.717, 1.165) is 16.3 Å². The molecule has 1 atom stereocenters. The van der Waals surface area contributed by atoms with Crippen LogP contribution in [-0.2, 0) is 20.7 Å². The highest BCUT2D eigenvalue weighted by Gasteiger charge is 2.19. The number of ether oxygens (including phenoxy) is 2. The molecule has 3 aromatic rings. The molecule has 0 aliphatic carbocycles. The molecule has 7 nitrogen and oxygen atoms in total. The van der Waals surface area contributed by atoms with Crippen molar-refractivity contribution in [3.05, 3.63) is 59.9 Å². The number of anilines is 1. The summed E-state index contributed by atoms with van der Waals surface area (Å²) in [6, 6.07) is 10.7. The molecule has 0 spiro atoms. The molecule has 0 aliphatic rings. The molecule has 0 aliphatic heterocycles. The summed E-state index contributed by atoms with van der Waals surface area (Å²) < 4.78 is 10.6. The van der Waals surface area contributed by atoms with Crippen LogP contribution in [0.5, 0.6) is 5.75 Å². The molecule has 29 heavy (non-hydrogen) atoms. The standard InChI is InChI=1S/C21H21N3O4S/c1-3-27-18-8-6-16(7-9-18)23-20(26)14(2)28-19(25)11-17-13-29-21(24-17)15-5-4-10-22-12-15/h4-10,12-14H,3,11H2,1-2H3,(H,23,26)/t14-/m0/s1. The first-order chi connectivity index (χ1) is 14.0. The number of esters is 1. The van der Waals surface area contributed by atoms with Crippen LogP contribution in [0.1, 0.15) is 19.5 Å². The number of thiazole rings is 1. The number of hydrogen-bond donors (Lipinski definition) is 1. The summed E-state index contributed by atoms with van der Waals surface area (Å²) in [6.07, 6.45) is 2.48. The Morgan fingerprint density at radius 3 is 2.69 bits per heavy atom. The topological polar surface area (TPSA) is 90.4 Å². The quantitative estimate of drug-likeness (QED) is 0.568. The number of rotatable bonds is 8. The van der Waals surface area contributed by atoms with E-state index in [2.05, 4.69) is 15.3 Å². The predicted molar refractivity (Wildman–Crippen MR) is 111 cm³/mol. The Labute approximate surface area is 172 Å². The van der Waals surface area contributed by atoms with Gasteiger partial charge in [0.2, 0.25) is 0 Å². The van der Waals surface area contributed by atoms with Crippen molar-refractivity contribution >= 4 is 28.9 Å². The molecule has 150 valence electrons. The maximum Gasteiger partial charge on any atom is 0.312 e. The number of aromatic nitrogens is 2. The first kappa shape index (κ1) is 20.5. The van der Waals surface area contributed by atoms with E-state index in [4.69, 9.17) is 9.47 Å². The summed E-state index contributed by atoms with van der Waals surface area (Å²) in [6.45, 7) is 4.00. The maximum atomic E-state index is 12.3. The van der Waals surface area contributed by atoms with Crippen LogP contribution in [0.3, 0.4) is 0 Å². The van der Waals surface area contributed by atoms with Crippen LogP contribution in [0, 0.1) is 0 Å². The van der Waals surface area contributed by atoms with Crippen molar-refractivity contribution in [2.24, 2.45) is 0 Å². The SMILES string of the molecule is CCOc1ccc(NC(=O)[C@H](C)OC(=O)Cc2csc(-c3cccnc3)n2)cc1. The first-order valence-corrected chi connectivity index (χ1v) is 10.0. The molecular formula is C21H21N3O4S. The van der Waals surface area contributed by atoms with Crippen molar-refractivity contribution in [1.29, 1.82) is 0 Å². The van der Waals surface area contributed by atoms with Crippen LogP contribution in [0.25, 0.3) is 10.6 Å². The minimum Gasteiger partial charge on any atom is -0.494 e. The second-order valence-electron chi connectivity index (χ2n) is 6.14. The predicted octanol–water partition coefficient (Wildman–Crippen LogP) is 3.72. The Balaban J connectivity index is 1.51. The smallest absolute Gasteiger partial charge is 0.312 e. The molecule has 8 heteroatoms. The molecule has 0 radical (unpaired) electrons. The number of nitrogens with zero attached hydrogens (tertiary/aromatic N) is 2. The van der Waals surface area contributed by atoms with Gasteiger partial charge in [0.1, 0.15) is 10.8 Å². The van der Waals surface area contributed by atoms with E-state index in [1.807, 2.05) is 19.1 Å². The first-order valence-electron chi connectivity index (χ1n) is 9.13. The minimum atomic E-state index is -0.925. The van der Waals surface area contributed by atoms with Gasteiger partial charge in [0.05, 0.1) is 18.7 Å². The minimum absolute atomic E-state index is 0.00254. The van der Waals surface area contributed by atoms with E-state index < -0.39 is 18.0 Å². The second-order valence-corrected chi connectivity index (χ2v) is 7.00. The summed E-state index contributed by atoms with van der Waals surface area (Å²) in [7, 11) is 0. The average molecular weight is 411 g/mol. The largest absolute Gasteiger partial charge is 0.494 e. The van der Waals surface area contributed by atoms with Gasteiger partial charge < -0.3 is 14.8 Å². The van der Waals surface area contributed by atoms with Crippen molar-refractivity contribution in [2.75, 3.05) is 11.9 Å². The van der Waals surface area contributed by atoms with Crippen LogP contribution in [0.2, 0.25) is 0 Å². The molecule has 2 heterocycles. The lowest BCUT2D eigenvalue weighted by Gasteiger charge is -2.13. The van der Waals surface area contributed by atoms with Crippen LogP contribution >= 0.6 is 11.3 Å². The highest BCUT2D eigenvalue weighted by atomic mass is 32.1. The lowest BCUT2D eigenvalue weighted by molar-refractivity contribution is -0.152. The third kappa shape index (κ3) is 5.86. The number of pyridine rings is 1. The van der Waals surface area contributed by atoms with E-state index in [0.29, 0.717) is 18.0 Å². The van der Waals surface area contributed by atoms with Gasteiger partial charge in [-0.1, -0.05) is 0 Å². The number of benzene rings is 1. The summed E-state index contributed by atoms with van der Waals surface area (Å²) in [5, 5.41) is 5.29. The molecule has 0 bridgehead atoms. The average Bonchev–Trinajstić information content (AvgIpc) is 3.18. The monoisotopic (exact) mass is 411 g/mol. The highest BCUT2D eigenvalue weighted by Crippen LogP contribution is 2.23. The van der Waals surface area contributed by atoms with E-state index in [1.165, 1.54) is 18.3 Å². The van der Waals surface area contributed by atoms with Crippen molar-refractivity contribution in [3.8, 4) is 16.3 Å². The molecule has 1 N–H and O–H groups in total. The normalized spacial score (nSPS) is 11.5. The Bertz CT molecular complexity index is 958. The van der Waals surface area contributed by atoms with Gasteiger partial charge in [-0.05, 0) is 50.2 Å². The Morgan fingerprint density at radius 2 is 2.00 bits per heavy atom. The number of amides is 1. The maximum absolute atomic E-state index is 12.3. The summed E-state index contributed by atoms with van der Waals surface area (Å²) in [5.41, 5.74) is 2.08. The van der Waals surface area contributed by atoms with Gasteiger partial charge in [0.25, 0.3) is 5.91 Å². The van der Waals surface area contributed by atoms with Gasteiger partial charge in [-0.2, -0.15) is 0 Å². The Hall–Kier alpha value is -3.26. The fourth-order valence-electron chi connectivity index (χ4n) is 2.50. The number of hydrogen-bond acceptors (Lipinski definition) is 7. The Kier molecular flexibility index (Phi) is 6.91. The zero-order valence-corrected chi connectivity index (χ0v) is 16.9. The molecule has 2 aromatic heterocycles. The fourth-order valence-corrected chi connectivity index (χ4v) is 3.31. The van der Waals surface area contributed by atoms with Crippen LogP contribution < -0.4 is 10.1 Å². The molecule has 3 rings (SSSR count). The fraction of sp³-hybridized carbons (Fsp3) is 0.238. The Morgan fingerprint density at radius 1 is 1.21 bits per heavy atom. The zero-order valence-electron chi connectivity index (χ0n) is 16.1. The summed E-state index contributed by atoms with van der Waals surface area (Å²) in [4.78, 5) is 32.9. The van der Waals surface area contributed by atoms with Gasteiger partial charge >= 0.3 is 5.97 Å². The van der Waals surface area contributed by atoms with Gasteiger partial charge in [0.15, 0.2) is 6.10 Å². The van der Waals surface area contributed by atoms with Crippen LogP contribution in [0.4, 0.5) is 5.69 Å². The summed E-state index contributed by atoms with van der Waals surface area (Å²) in [5.74, 6) is -0.196. The van der Waals surface area contributed by atoms with Crippen LogP contribution in [0.15, 0.2) is 54.2 Å². The number of carbonyl (C=O) groups is 2. The molecular weight excluding hydrogens is 390 g/mol. The molecule has 0 saturated heterocycles. The molecule has 1 aromatic carbocycles. The van der Waals surface area contributed by atoms with Crippen molar-refractivity contribution in [2.45, 2.75) is 26.4 Å². The third-order valence-electron chi connectivity index (χ3n) is 3.90. The highest BCUT2D eigenvalue weighted by molar-refractivity contribution is 7.13. The molecule has 0 saturated carbocycles. The lowest BCUT2D eigenvalue weighted by Crippen LogP contribution is -2.30. The second kappa shape index (κ2) is 9.79. The van der Waals surface area contributed by atoms with Crippen molar-refractivity contribution < 1.29 is 19.1 Å². The van der Waals surface area contributed by atoms with Gasteiger partial charge in [-0.3, -0.25) is 14.6 Å². The van der Waals surface area contributed by atoms with Gasteiger partial charge in [-0.25, -0.2) is 4.98 Å². The van der Waals surface area contributed by atoms with Crippen molar-refractivity contribution in [3.63, 3.8) is 0 Å². The van der Waals surface area contributed by atoms with Crippen molar-refractivity contribution in [1.82, 2.24) is 9.97 Å². The zero-order chi connectivity index (χ0) is 20.6. The van der Waals surface area contributed by atoms with E-state index >= 15 is 0 Å². The number of nitrogens with one attached hydrogen (secondary N) is 1. The summed E-state index contributed by atoms with van der Waals surface area (Å²) >= 11 is 1.43. The lowest BCUT2D eigenvalue weighted by atomic mass is 10.2. The molecule has 1 amide bonds. The van der Waals surface area contributed by atoms with E-state index in [1.54, 1.807) is 42.0 Å². The number of carbonyl (C=O) groups excluding carboxylic acids is 2. The van der Waals surface area contributed by atoms with E-state index in [9.17, 15) is 9.59 Å². The van der Waals surface area contributed by atoms with Crippen LogP contribution in [-0.4, -0.2) is 34.6 Å². The molecule has 0 unspecified atom stereocenters.